The van der Waals surface area contributed by atoms with Gasteiger partial charge in [0.25, 0.3) is 0 Å². The van der Waals surface area contributed by atoms with E-state index in [1.54, 1.807) is 0 Å². The molecule has 1 aromatic heterocycles. The first kappa shape index (κ1) is 14.3. The van der Waals surface area contributed by atoms with Crippen LogP contribution < -0.4 is 5.32 Å². The van der Waals surface area contributed by atoms with Crippen molar-refractivity contribution in [2.75, 3.05) is 0 Å². The molecule has 1 N–H and O–H groups in total. The molecule has 0 aliphatic heterocycles. The van der Waals surface area contributed by atoms with Gasteiger partial charge in [0.2, 0.25) is 0 Å². The number of aromatic nitrogens is 2. The van der Waals surface area contributed by atoms with E-state index in [0.29, 0.717) is 12.0 Å². The van der Waals surface area contributed by atoms with E-state index in [0.717, 1.165) is 13.0 Å². The molecule has 0 spiro atoms. The Kier molecular flexibility index (Phi) is 4.11. The van der Waals surface area contributed by atoms with Gasteiger partial charge in [-0.1, -0.05) is 38.1 Å². The van der Waals surface area contributed by atoms with E-state index in [9.17, 15) is 0 Å². The third-order valence-electron chi connectivity index (χ3n) is 4.66. The first-order chi connectivity index (χ1) is 10.2. The number of nitrogens with one attached hydrogen (secondary N) is 1. The van der Waals surface area contributed by atoms with Gasteiger partial charge in [0.05, 0.1) is 5.69 Å². The Morgan fingerprint density at radius 2 is 2.00 bits per heavy atom. The van der Waals surface area contributed by atoms with Gasteiger partial charge in [-0.3, -0.25) is 4.68 Å². The summed E-state index contributed by atoms with van der Waals surface area (Å²) in [7, 11) is 2.00. The summed E-state index contributed by atoms with van der Waals surface area (Å²) >= 11 is 0. The van der Waals surface area contributed by atoms with Crippen LogP contribution in [-0.4, -0.2) is 9.78 Å². The number of hydrogen-bond acceptors (Lipinski definition) is 2. The smallest absolute Gasteiger partial charge is 0.0666 e. The van der Waals surface area contributed by atoms with Gasteiger partial charge in [-0.05, 0) is 36.3 Å². The predicted octanol–water partition coefficient (Wildman–Crippen LogP) is 3.71. The van der Waals surface area contributed by atoms with E-state index >= 15 is 0 Å². The standard InChI is InChI=1S/C18H25N3/c1-4-17-14(12-21(3)20-17)11-19-18-10-9-13(2)15-7-5-6-8-16(15)18/h5-8,12-13,18-19H,4,9-11H2,1-3H3. The molecule has 1 heterocycles. The molecular weight excluding hydrogens is 258 g/mol. The van der Waals surface area contributed by atoms with Crippen LogP contribution in [0.25, 0.3) is 0 Å². The first-order valence-electron chi connectivity index (χ1n) is 8.02. The molecule has 0 fully saturated rings. The molecule has 0 saturated heterocycles. The van der Waals surface area contributed by atoms with Crippen LogP contribution in [-0.2, 0) is 20.0 Å². The molecule has 21 heavy (non-hydrogen) atoms. The fourth-order valence-corrected chi connectivity index (χ4v) is 3.48. The molecule has 1 aliphatic carbocycles. The summed E-state index contributed by atoms with van der Waals surface area (Å²) in [6.45, 7) is 5.42. The van der Waals surface area contributed by atoms with Crippen molar-refractivity contribution in [1.29, 1.82) is 0 Å². The number of nitrogens with zero attached hydrogens (tertiary/aromatic N) is 2. The van der Waals surface area contributed by atoms with Gasteiger partial charge < -0.3 is 5.32 Å². The van der Waals surface area contributed by atoms with Gasteiger partial charge in [-0.25, -0.2) is 0 Å². The molecule has 2 unspecified atom stereocenters. The minimum atomic E-state index is 0.474. The van der Waals surface area contributed by atoms with Crippen LogP contribution in [0.4, 0.5) is 0 Å². The Labute approximate surface area is 127 Å². The molecule has 2 atom stereocenters. The third kappa shape index (κ3) is 2.88. The molecule has 3 nitrogen and oxygen atoms in total. The molecule has 0 radical (unpaired) electrons. The molecule has 3 rings (SSSR count). The zero-order valence-electron chi connectivity index (χ0n) is 13.3. The maximum Gasteiger partial charge on any atom is 0.0666 e. The third-order valence-corrected chi connectivity index (χ3v) is 4.66. The molecule has 2 aromatic rings. The van der Waals surface area contributed by atoms with E-state index < -0.39 is 0 Å². The van der Waals surface area contributed by atoms with Crippen LogP contribution in [0.3, 0.4) is 0 Å². The van der Waals surface area contributed by atoms with Crippen molar-refractivity contribution in [3.05, 3.63) is 52.8 Å². The summed E-state index contributed by atoms with van der Waals surface area (Å²) in [6.07, 6.45) is 5.63. The zero-order chi connectivity index (χ0) is 14.8. The number of rotatable bonds is 4. The van der Waals surface area contributed by atoms with Crippen LogP contribution in [0.15, 0.2) is 30.5 Å². The largest absolute Gasteiger partial charge is 0.306 e. The minimum absolute atomic E-state index is 0.474. The molecule has 1 aromatic carbocycles. The van der Waals surface area contributed by atoms with E-state index in [1.807, 2.05) is 11.7 Å². The highest BCUT2D eigenvalue weighted by atomic mass is 15.3. The maximum absolute atomic E-state index is 4.53. The second kappa shape index (κ2) is 6.02. The summed E-state index contributed by atoms with van der Waals surface area (Å²) in [5.74, 6) is 0.684. The van der Waals surface area contributed by atoms with Gasteiger partial charge in [0.1, 0.15) is 0 Å². The van der Waals surface area contributed by atoms with Crippen LogP contribution in [0.5, 0.6) is 0 Å². The van der Waals surface area contributed by atoms with Crippen molar-refractivity contribution >= 4 is 0 Å². The molecule has 0 amide bonds. The summed E-state index contributed by atoms with van der Waals surface area (Å²) in [5.41, 5.74) is 5.54. The van der Waals surface area contributed by atoms with E-state index in [4.69, 9.17) is 0 Å². The van der Waals surface area contributed by atoms with E-state index in [-0.39, 0.29) is 0 Å². The fraction of sp³-hybridized carbons (Fsp3) is 0.500. The second-order valence-electron chi connectivity index (χ2n) is 6.17. The lowest BCUT2D eigenvalue weighted by Crippen LogP contribution is -2.26. The zero-order valence-corrected chi connectivity index (χ0v) is 13.3. The molecule has 1 aliphatic rings. The Hall–Kier alpha value is -1.61. The summed E-state index contributed by atoms with van der Waals surface area (Å²) < 4.78 is 1.92. The average molecular weight is 283 g/mol. The summed E-state index contributed by atoms with van der Waals surface area (Å²) in [6, 6.07) is 9.37. The summed E-state index contributed by atoms with van der Waals surface area (Å²) in [5, 5.41) is 8.28. The van der Waals surface area contributed by atoms with Crippen molar-refractivity contribution in [1.82, 2.24) is 15.1 Å². The van der Waals surface area contributed by atoms with Gasteiger partial charge in [-0.2, -0.15) is 5.10 Å². The SMILES string of the molecule is CCc1nn(C)cc1CNC1CCC(C)c2ccccc21. The highest BCUT2D eigenvalue weighted by Gasteiger charge is 2.24. The molecular formula is C18H25N3. The van der Waals surface area contributed by atoms with E-state index in [1.165, 1.54) is 35.2 Å². The van der Waals surface area contributed by atoms with Gasteiger partial charge in [-0.15, -0.1) is 0 Å². The van der Waals surface area contributed by atoms with Gasteiger partial charge >= 0.3 is 0 Å². The lowest BCUT2D eigenvalue weighted by Gasteiger charge is -2.30. The average Bonchev–Trinajstić information content (AvgIpc) is 2.87. The maximum atomic E-state index is 4.53. The van der Waals surface area contributed by atoms with E-state index in [2.05, 4.69) is 54.7 Å². The van der Waals surface area contributed by atoms with Crippen molar-refractivity contribution in [3.8, 4) is 0 Å². The van der Waals surface area contributed by atoms with Crippen molar-refractivity contribution in [3.63, 3.8) is 0 Å². The highest BCUT2D eigenvalue weighted by molar-refractivity contribution is 5.35. The van der Waals surface area contributed by atoms with Crippen LogP contribution in [0.1, 0.15) is 61.0 Å². The molecule has 0 saturated carbocycles. The Balaban J connectivity index is 1.75. The number of fused-ring (bicyclic) bond motifs is 1. The lowest BCUT2D eigenvalue weighted by molar-refractivity contribution is 0.430. The van der Waals surface area contributed by atoms with Crippen molar-refractivity contribution in [2.24, 2.45) is 7.05 Å². The monoisotopic (exact) mass is 283 g/mol. The van der Waals surface area contributed by atoms with Crippen molar-refractivity contribution in [2.45, 2.75) is 51.6 Å². The van der Waals surface area contributed by atoms with Crippen molar-refractivity contribution < 1.29 is 0 Å². The van der Waals surface area contributed by atoms with Gasteiger partial charge in [0.15, 0.2) is 0 Å². The fourth-order valence-electron chi connectivity index (χ4n) is 3.48. The summed E-state index contributed by atoms with van der Waals surface area (Å²) in [4.78, 5) is 0. The quantitative estimate of drug-likeness (QED) is 0.927. The lowest BCUT2D eigenvalue weighted by atomic mass is 9.81. The normalized spacial score (nSPS) is 21.3. The van der Waals surface area contributed by atoms with Crippen LogP contribution >= 0.6 is 0 Å². The highest BCUT2D eigenvalue weighted by Crippen LogP contribution is 2.37. The van der Waals surface area contributed by atoms with Crippen LogP contribution in [0, 0.1) is 0 Å². The Bertz CT molecular complexity index is 615. The first-order valence-corrected chi connectivity index (χ1v) is 8.02. The topological polar surface area (TPSA) is 29.9 Å². The van der Waals surface area contributed by atoms with Crippen LogP contribution in [0.2, 0.25) is 0 Å². The molecule has 3 heteroatoms. The minimum Gasteiger partial charge on any atom is -0.306 e. The molecule has 112 valence electrons. The number of benzene rings is 1. The predicted molar refractivity (Wildman–Crippen MR) is 86.3 cm³/mol. The number of aryl methyl sites for hydroxylation is 2. The Morgan fingerprint density at radius 3 is 2.76 bits per heavy atom. The van der Waals surface area contributed by atoms with Gasteiger partial charge in [0, 0.05) is 31.4 Å². The number of hydrogen-bond donors (Lipinski definition) is 1. The second-order valence-corrected chi connectivity index (χ2v) is 6.17. The Morgan fingerprint density at radius 1 is 1.24 bits per heavy atom. The molecule has 0 bridgehead atoms.